The molecule has 1 aromatic heterocycles. The fraction of sp³-hybridized carbons (Fsp3) is 0.167. The Morgan fingerprint density at radius 2 is 2.22 bits per heavy atom. The molecule has 0 aromatic carbocycles. The molecule has 0 saturated heterocycles. The summed E-state index contributed by atoms with van der Waals surface area (Å²) < 4.78 is 0. The summed E-state index contributed by atoms with van der Waals surface area (Å²) in [6, 6.07) is 3.79. The van der Waals surface area contributed by atoms with E-state index >= 15 is 0 Å². The van der Waals surface area contributed by atoms with Crippen LogP contribution >= 0.6 is 0 Å². The van der Waals surface area contributed by atoms with Crippen LogP contribution in [0.5, 0.6) is 0 Å². The molecule has 1 heterocycles. The summed E-state index contributed by atoms with van der Waals surface area (Å²) in [5, 5.41) is 0. The third-order valence-corrected chi connectivity index (χ3v) is 0.779. The van der Waals surface area contributed by atoms with E-state index in [1.807, 2.05) is 19.1 Å². The third kappa shape index (κ3) is 4.87. The molecule has 1 aromatic rings. The van der Waals surface area contributed by atoms with Crippen LogP contribution in [0.4, 0.5) is 0 Å². The van der Waals surface area contributed by atoms with Crippen LogP contribution in [-0.2, 0) is 0 Å². The molecule has 3 heteroatoms. The fourth-order valence-electron chi connectivity index (χ4n) is 0.385. The van der Waals surface area contributed by atoms with Crippen molar-refractivity contribution < 1.29 is 17.0 Å². The van der Waals surface area contributed by atoms with Gasteiger partial charge in [0, 0.05) is 0 Å². The number of aromatic nitrogens is 1. The van der Waals surface area contributed by atoms with E-state index in [0.29, 0.717) is 0 Å². The Bertz CT molecular complexity index is 143. The molecule has 44 valence electrons. The van der Waals surface area contributed by atoms with Crippen LogP contribution in [0.25, 0.3) is 0 Å². The zero-order valence-electron chi connectivity index (χ0n) is 5.26. The number of rotatable bonds is 0. The minimum absolute atomic E-state index is 0. The Hall–Kier alpha value is 0.396. The second kappa shape index (κ2) is 6.52. The molecule has 0 aliphatic heterocycles. The van der Waals surface area contributed by atoms with E-state index in [2.05, 4.69) is 11.2 Å². The van der Waals surface area contributed by atoms with Crippen LogP contribution in [0.3, 0.4) is 0 Å². The Kier molecular flexibility index (Phi) is 8.77. The maximum atomic E-state index is 3.72. The first-order chi connectivity index (χ1) is 3.39. The molecule has 0 saturated carbocycles. The summed E-state index contributed by atoms with van der Waals surface area (Å²) in [5.74, 6) is 0. The van der Waals surface area contributed by atoms with Crippen LogP contribution in [0.1, 0.15) is 5.56 Å². The number of nitrogens with zero attached hydrogens (tertiary/aromatic N) is 1. The molecule has 0 aliphatic rings. The Morgan fingerprint density at radius 1 is 1.56 bits per heavy atom. The number of halogens is 1. The first-order valence-electron chi connectivity index (χ1n) is 2.18. The van der Waals surface area contributed by atoms with Crippen molar-refractivity contribution in [3.63, 3.8) is 0 Å². The van der Waals surface area contributed by atoms with Gasteiger partial charge in [0.1, 0.15) is 0 Å². The van der Waals surface area contributed by atoms with E-state index in [1.165, 1.54) is 5.56 Å². The molecule has 0 aliphatic carbocycles. The quantitative estimate of drug-likeness (QED) is 0.339. The number of hydrogen-bond acceptors (Lipinski definition) is 1. The largest absolute Gasteiger partial charge is 2.00 e. The second-order valence-corrected chi connectivity index (χ2v) is 1.46. The summed E-state index contributed by atoms with van der Waals surface area (Å²) >= 11 is 0. The van der Waals surface area contributed by atoms with Crippen molar-refractivity contribution in [2.75, 3.05) is 0 Å². The summed E-state index contributed by atoms with van der Waals surface area (Å²) in [6.07, 6.45) is 4.44. The van der Waals surface area contributed by atoms with Gasteiger partial charge in [-0.05, 0) is 0 Å². The molecular weight excluding hydrogens is 190 g/mol. The predicted octanol–water partition coefficient (Wildman–Crippen LogP) is -2.19. The molecular formula is C6H6BrMgN. The second-order valence-electron chi connectivity index (χ2n) is 1.46. The van der Waals surface area contributed by atoms with Gasteiger partial charge in [0.25, 0.3) is 0 Å². The van der Waals surface area contributed by atoms with Crippen molar-refractivity contribution in [3.05, 3.63) is 30.1 Å². The summed E-state index contributed by atoms with van der Waals surface area (Å²) in [4.78, 5) is 3.72. The maximum Gasteiger partial charge on any atom is 2.00 e. The third-order valence-electron chi connectivity index (χ3n) is 0.779. The van der Waals surface area contributed by atoms with Crippen LogP contribution in [0, 0.1) is 13.1 Å². The van der Waals surface area contributed by atoms with E-state index in [4.69, 9.17) is 0 Å². The van der Waals surface area contributed by atoms with Gasteiger partial charge in [-0.15, -0.1) is 0 Å². The molecule has 0 bridgehead atoms. The normalized spacial score (nSPS) is 6.78. The van der Waals surface area contributed by atoms with E-state index in [1.54, 1.807) is 6.20 Å². The monoisotopic (exact) mass is 195 g/mol. The van der Waals surface area contributed by atoms with Gasteiger partial charge in [-0.25, -0.2) is 0 Å². The van der Waals surface area contributed by atoms with Crippen LogP contribution in [0.2, 0.25) is 0 Å². The zero-order chi connectivity index (χ0) is 5.11. The summed E-state index contributed by atoms with van der Waals surface area (Å²) in [5.41, 5.74) is 1.20. The SMILES string of the molecule is Cc1c[c-]ncc1.[Br-].[Mg+2]. The number of hydrogen-bond donors (Lipinski definition) is 0. The van der Waals surface area contributed by atoms with Crippen molar-refractivity contribution in [3.8, 4) is 0 Å². The van der Waals surface area contributed by atoms with Crippen molar-refractivity contribution in [1.29, 1.82) is 0 Å². The first kappa shape index (κ1) is 12.1. The van der Waals surface area contributed by atoms with Gasteiger partial charge < -0.3 is 22.0 Å². The Morgan fingerprint density at radius 3 is 2.44 bits per heavy atom. The van der Waals surface area contributed by atoms with Gasteiger partial charge in [-0.1, -0.05) is 19.3 Å². The van der Waals surface area contributed by atoms with Gasteiger partial charge in [0.05, 0.1) is 0 Å². The number of pyridine rings is 1. The smallest absolute Gasteiger partial charge is 1.00 e. The average molecular weight is 196 g/mol. The predicted molar refractivity (Wildman–Crippen MR) is 33.6 cm³/mol. The minimum atomic E-state index is 0. The standard InChI is InChI=1S/C6H6N.BrH.Mg/c1-6-2-4-7-5-3-6;;/h2-4H,1H3;1H;/q-1;;+2/p-1. The molecule has 1 rings (SSSR count). The first-order valence-corrected chi connectivity index (χ1v) is 2.18. The Labute approximate surface area is 81.8 Å². The van der Waals surface area contributed by atoms with E-state index in [0.717, 1.165) is 0 Å². The van der Waals surface area contributed by atoms with Crippen LogP contribution < -0.4 is 17.0 Å². The molecule has 0 amide bonds. The topological polar surface area (TPSA) is 12.9 Å². The molecule has 0 unspecified atom stereocenters. The summed E-state index contributed by atoms with van der Waals surface area (Å²) in [6.45, 7) is 2.01. The average Bonchev–Trinajstić information content (AvgIpc) is 1.69. The van der Waals surface area contributed by atoms with Crippen LogP contribution in [0.15, 0.2) is 18.3 Å². The molecule has 0 atom stereocenters. The van der Waals surface area contributed by atoms with Crippen molar-refractivity contribution >= 4 is 23.1 Å². The van der Waals surface area contributed by atoms with Gasteiger partial charge >= 0.3 is 23.1 Å². The van der Waals surface area contributed by atoms with E-state index < -0.39 is 0 Å². The van der Waals surface area contributed by atoms with Crippen molar-refractivity contribution in [2.45, 2.75) is 6.92 Å². The summed E-state index contributed by atoms with van der Waals surface area (Å²) in [7, 11) is 0. The molecule has 0 N–H and O–H groups in total. The molecule has 9 heavy (non-hydrogen) atoms. The van der Waals surface area contributed by atoms with E-state index in [9.17, 15) is 0 Å². The number of aryl methyl sites for hydroxylation is 1. The van der Waals surface area contributed by atoms with Gasteiger partial charge in [0.2, 0.25) is 0 Å². The van der Waals surface area contributed by atoms with E-state index in [-0.39, 0.29) is 40.0 Å². The fourth-order valence-corrected chi connectivity index (χ4v) is 0.385. The molecule has 0 radical (unpaired) electrons. The van der Waals surface area contributed by atoms with Crippen LogP contribution in [-0.4, -0.2) is 28.0 Å². The molecule has 1 nitrogen and oxygen atoms in total. The molecule has 0 fully saturated rings. The van der Waals surface area contributed by atoms with Crippen molar-refractivity contribution in [2.24, 2.45) is 0 Å². The molecule has 0 spiro atoms. The zero-order valence-corrected chi connectivity index (χ0v) is 8.26. The Balaban J connectivity index is 0. The van der Waals surface area contributed by atoms with Crippen molar-refractivity contribution in [1.82, 2.24) is 4.98 Å². The maximum absolute atomic E-state index is 3.72. The van der Waals surface area contributed by atoms with Gasteiger partial charge in [0.15, 0.2) is 0 Å². The van der Waals surface area contributed by atoms with Gasteiger partial charge in [-0.2, -0.15) is 17.7 Å². The minimum Gasteiger partial charge on any atom is -1.00 e. The van der Waals surface area contributed by atoms with Gasteiger partial charge in [-0.3, -0.25) is 0 Å².